The van der Waals surface area contributed by atoms with Crippen LogP contribution in [0.15, 0.2) is 54.6 Å². The summed E-state index contributed by atoms with van der Waals surface area (Å²) in [6, 6.07) is 17.9. The van der Waals surface area contributed by atoms with Gasteiger partial charge in [-0.05, 0) is 29.8 Å². The fourth-order valence-corrected chi connectivity index (χ4v) is 3.11. The number of rotatable bonds is 7. The zero-order valence-electron chi connectivity index (χ0n) is 12.2. The van der Waals surface area contributed by atoms with Gasteiger partial charge in [-0.3, -0.25) is 0 Å². The van der Waals surface area contributed by atoms with Gasteiger partial charge in [0.2, 0.25) is 5.79 Å². The second-order valence-corrected chi connectivity index (χ2v) is 5.36. The van der Waals surface area contributed by atoms with E-state index in [0.717, 1.165) is 16.9 Å². The molecule has 0 aliphatic rings. The van der Waals surface area contributed by atoms with E-state index in [-0.39, 0.29) is 0 Å². The Morgan fingerprint density at radius 1 is 0.905 bits per heavy atom. The maximum Gasteiger partial charge on any atom is 0.203 e. The summed E-state index contributed by atoms with van der Waals surface area (Å²) < 4.78 is 17.5. The molecule has 0 heterocycles. The summed E-state index contributed by atoms with van der Waals surface area (Å²) in [6.45, 7) is 0.562. The lowest BCUT2D eigenvalue weighted by Gasteiger charge is -2.29. The van der Waals surface area contributed by atoms with Crippen LogP contribution in [0.5, 0.6) is 5.75 Å². The molecule has 2 aromatic carbocycles. The Hall–Kier alpha value is -1.11. The molecular weight excluding hydrogens is 379 g/mol. The quantitative estimate of drug-likeness (QED) is 0.399. The van der Waals surface area contributed by atoms with Gasteiger partial charge in [-0.25, -0.2) is 0 Å². The SMILES string of the molecule is COC(CI)(OC)c1ccc(OCc2ccccc2)cc1. The molecule has 112 valence electrons. The number of halogens is 1. The summed E-state index contributed by atoms with van der Waals surface area (Å²) in [5, 5.41) is 0. The summed E-state index contributed by atoms with van der Waals surface area (Å²) in [5.74, 6) is 0.135. The van der Waals surface area contributed by atoms with Gasteiger partial charge >= 0.3 is 0 Å². The van der Waals surface area contributed by atoms with E-state index in [1.54, 1.807) is 14.2 Å². The van der Waals surface area contributed by atoms with Gasteiger partial charge in [0, 0.05) is 19.8 Å². The summed E-state index contributed by atoms with van der Waals surface area (Å²) in [5.41, 5.74) is 2.13. The van der Waals surface area contributed by atoms with Gasteiger partial charge in [-0.15, -0.1) is 0 Å². The number of hydrogen-bond acceptors (Lipinski definition) is 3. The zero-order chi connectivity index (χ0) is 15.1. The van der Waals surface area contributed by atoms with Crippen molar-refractivity contribution in [1.82, 2.24) is 0 Å². The van der Waals surface area contributed by atoms with Gasteiger partial charge in [0.15, 0.2) is 0 Å². The number of ether oxygens (including phenoxy) is 3. The van der Waals surface area contributed by atoms with E-state index in [2.05, 4.69) is 22.6 Å². The molecule has 0 aliphatic heterocycles. The Labute approximate surface area is 139 Å². The van der Waals surface area contributed by atoms with E-state index < -0.39 is 5.79 Å². The molecule has 0 saturated carbocycles. The van der Waals surface area contributed by atoms with Gasteiger partial charge in [-0.1, -0.05) is 52.9 Å². The first-order chi connectivity index (χ1) is 10.2. The molecule has 0 unspecified atom stereocenters. The average Bonchev–Trinajstić information content (AvgIpc) is 2.57. The Balaban J connectivity index is 2.05. The molecule has 2 rings (SSSR count). The monoisotopic (exact) mass is 398 g/mol. The van der Waals surface area contributed by atoms with Crippen LogP contribution in [0.2, 0.25) is 0 Å². The van der Waals surface area contributed by atoms with E-state index in [9.17, 15) is 0 Å². The van der Waals surface area contributed by atoms with Gasteiger partial charge in [-0.2, -0.15) is 0 Å². The van der Waals surface area contributed by atoms with Crippen molar-refractivity contribution >= 4 is 22.6 Å². The molecule has 2 aromatic rings. The fraction of sp³-hybridized carbons (Fsp3) is 0.294. The fourth-order valence-electron chi connectivity index (χ4n) is 2.05. The highest BCUT2D eigenvalue weighted by Crippen LogP contribution is 2.29. The highest BCUT2D eigenvalue weighted by molar-refractivity contribution is 14.1. The summed E-state index contributed by atoms with van der Waals surface area (Å²) in [7, 11) is 3.31. The number of hydrogen-bond donors (Lipinski definition) is 0. The zero-order valence-corrected chi connectivity index (χ0v) is 14.4. The molecule has 0 aliphatic carbocycles. The van der Waals surface area contributed by atoms with Crippen LogP contribution >= 0.6 is 22.6 Å². The summed E-state index contributed by atoms with van der Waals surface area (Å²) >= 11 is 2.26. The van der Waals surface area contributed by atoms with E-state index in [1.807, 2.05) is 54.6 Å². The predicted octanol–water partition coefficient (Wildman–Crippen LogP) is 4.15. The van der Waals surface area contributed by atoms with Crippen molar-refractivity contribution < 1.29 is 14.2 Å². The van der Waals surface area contributed by atoms with Crippen LogP contribution in [0.1, 0.15) is 11.1 Å². The third kappa shape index (κ3) is 3.96. The third-order valence-corrected chi connectivity index (χ3v) is 4.38. The predicted molar refractivity (Wildman–Crippen MR) is 91.8 cm³/mol. The van der Waals surface area contributed by atoms with E-state index in [0.29, 0.717) is 11.0 Å². The first kappa shape index (κ1) is 16.3. The van der Waals surface area contributed by atoms with Crippen LogP contribution in [0, 0.1) is 0 Å². The minimum Gasteiger partial charge on any atom is -0.489 e. The molecule has 4 heteroatoms. The first-order valence-corrected chi connectivity index (χ1v) is 8.20. The van der Waals surface area contributed by atoms with Crippen molar-refractivity contribution in [2.75, 3.05) is 18.6 Å². The van der Waals surface area contributed by atoms with Gasteiger partial charge in [0.1, 0.15) is 12.4 Å². The van der Waals surface area contributed by atoms with E-state index in [4.69, 9.17) is 14.2 Å². The minimum atomic E-state index is -0.696. The molecule has 0 aromatic heterocycles. The van der Waals surface area contributed by atoms with Crippen molar-refractivity contribution in [3.63, 3.8) is 0 Å². The molecule has 21 heavy (non-hydrogen) atoms. The highest BCUT2D eigenvalue weighted by atomic mass is 127. The largest absolute Gasteiger partial charge is 0.489 e. The molecule has 0 fully saturated rings. The first-order valence-electron chi connectivity index (χ1n) is 6.67. The molecule has 0 bridgehead atoms. The number of methoxy groups -OCH3 is 2. The van der Waals surface area contributed by atoms with Crippen molar-refractivity contribution in [2.24, 2.45) is 0 Å². The molecule has 0 amide bonds. The molecule has 3 nitrogen and oxygen atoms in total. The van der Waals surface area contributed by atoms with Crippen LogP contribution in [0.4, 0.5) is 0 Å². The number of benzene rings is 2. The Kier molecular flexibility index (Phi) is 6.02. The summed E-state index contributed by atoms with van der Waals surface area (Å²) in [4.78, 5) is 0. The Morgan fingerprint density at radius 3 is 2.05 bits per heavy atom. The standard InChI is InChI=1S/C17H19IO3/c1-19-17(13-18,20-2)15-8-10-16(11-9-15)21-12-14-6-4-3-5-7-14/h3-11H,12-13H2,1-2H3. The molecule has 0 radical (unpaired) electrons. The topological polar surface area (TPSA) is 27.7 Å². The second kappa shape index (κ2) is 7.77. The highest BCUT2D eigenvalue weighted by Gasteiger charge is 2.30. The molecule has 0 spiro atoms. The van der Waals surface area contributed by atoms with Gasteiger partial charge < -0.3 is 14.2 Å². The normalized spacial score (nSPS) is 11.4. The summed E-state index contributed by atoms with van der Waals surface area (Å²) in [6.07, 6.45) is 0. The lowest BCUT2D eigenvalue weighted by molar-refractivity contribution is -0.195. The lowest BCUT2D eigenvalue weighted by Crippen LogP contribution is -2.32. The average molecular weight is 398 g/mol. The van der Waals surface area contributed by atoms with Crippen molar-refractivity contribution in [1.29, 1.82) is 0 Å². The molecule has 0 saturated heterocycles. The van der Waals surface area contributed by atoms with Gasteiger partial charge in [0.05, 0.1) is 4.43 Å². The van der Waals surface area contributed by atoms with Crippen molar-refractivity contribution in [3.8, 4) is 5.75 Å². The van der Waals surface area contributed by atoms with Crippen LogP contribution in [0.25, 0.3) is 0 Å². The molecule has 0 atom stereocenters. The smallest absolute Gasteiger partial charge is 0.203 e. The molecule has 0 N–H and O–H groups in total. The lowest BCUT2D eigenvalue weighted by atomic mass is 10.1. The Morgan fingerprint density at radius 2 is 1.52 bits per heavy atom. The van der Waals surface area contributed by atoms with Crippen LogP contribution in [-0.2, 0) is 21.9 Å². The van der Waals surface area contributed by atoms with Crippen molar-refractivity contribution in [2.45, 2.75) is 12.4 Å². The van der Waals surface area contributed by atoms with Crippen molar-refractivity contribution in [3.05, 3.63) is 65.7 Å². The second-order valence-electron chi connectivity index (χ2n) is 4.59. The van der Waals surface area contributed by atoms with E-state index >= 15 is 0 Å². The van der Waals surface area contributed by atoms with Crippen LogP contribution < -0.4 is 4.74 Å². The van der Waals surface area contributed by atoms with Crippen LogP contribution in [0.3, 0.4) is 0 Å². The maximum atomic E-state index is 5.78. The molecular formula is C17H19IO3. The Bertz CT molecular complexity index is 527. The minimum absolute atomic E-state index is 0.562. The van der Waals surface area contributed by atoms with Crippen LogP contribution in [-0.4, -0.2) is 18.6 Å². The van der Waals surface area contributed by atoms with Gasteiger partial charge in [0.25, 0.3) is 0 Å². The van der Waals surface area contributed by atoms with E-state index in [1.165, 1.54) is 0 Å². The number of alkyl halides is 1. The third-order valence-electron chi connectivity index (χ3n) is 3.38. The maximum absolute atomic E-state index is 5.78.